The van der Waals surface area contributed by atoms with Gasteiger partial charge in [-0.05, 0) is 58.7 Å². The Morgan fingerprint density at radius 3 is 1.92 bits per heavy atom. The van der Waals surface area contributed by atoms with Crippen molar-refractivity contribution in [2.45, 2.75) is 10.2 Å². The highest BCUT2D eigenvalue weighted by atomic mass is 79.9. The third-order valence-corrected chi connectivity index (χ3v) is 9.28. The number of imide groups is 1. The van der Waals surface area contributed by atoms with Crippen molar-refractivity contribution >= 4 is 45.0 Å². The van der Waals surface area contributed by atoms with Gasteiger partial charge in [0.25, 0.3) is 5.91 Å². The summed E-state index contributed by atoms with van der Waals surface area (Å²) >= 11 is 4.02. The molecule has 1 fully saturated rings. The van der Waals surface area contributed by atoms with E-state index in [9.17, 15) is 14.4 Å². The molecule has 0 unspecified atom stereocenters. The standard InChI is InChI=1S/C31H21BrN2O3/c32-31-23-12-6-4-10-21(23)25(22-11-5-7-13-24(22)31)26-27(31)30(37)34(29(26)36)20-16-14-19(15-17-20)33-28(35)18-8-2-1-3-9-18/h1-17,25-27H,(H,33,35)/t25?,26-,27+,31?/m1/s1. The molecule has 4 aromatic rings. The fourth-order valence-corrected chi connectivity index (χ4v) is 7.62. The van der Waals surface area contributed by atoms with E-state index in [2.05, 4.69) is 45.5 Å². The highest BCUT2D eigenvalue weighted by molar-refractivity contribution is 9.09. The van der Waals surface area contributed by atoms with Crippen LogP contribution in [-0.4, -0.2) is 17.7 Å². The Balaban J connectivity index is 1.25. The molecule has 180 valence electrons. The summed E-state index contributed by atoms with van der Waals surface area (Å²) in [5, 5.41) is 2.87. The number of nitrogens with zero attached hydrogens (tertiary/aromatic N) is 1. The zero-order chi connectivity index (χ0) is 25.3. The van der Waals surface area contributed by atoms with Gasteiger partial charge in [-0.3, -0.25) is 14.4 Å². The van der Waals surface area contributed by atoms with Crippen molar-refractivity contribution in [2.75, 3.05) is 10.2 Å². The van der Waals surface area contributed by atoms with Gasteiger partial charge in [-0.25, -0.2) is 4.90 Å². The van der Waals surface area contributed by atoms with Crippen LogP contribution in [0.5, 0.6) is 0 Å². The first-order valence-electron chi connectivity index (χ1n) is 12.2. The van der Waals surface area contributed by atoms with Crippen LogP contribution in [0.1, 0.15) is 38.5 Å². The van der Waals surface area contributed by atoms with Crippen LogP contribution in [0.25, 0.3) is 0 Å². The van der Waals surface area contributed by atoms with E-state index in [0.29, 0.717) is 16.9 Å². The first-order chi connectivity index (χ1) is 18.0. The number of hydrogen-bond donors (Lipinski definition) is 1. The lowest BCUT2D eigenvalue weighted by atomic mass is 9.55. The summed E-state index contributed by atoms with van der Waals surface area (Å²) in [7, 11) is 0. The van der Waals surface area contributed by atoms with Crippen LogP contribution in [-0.2, 0) is 13.9 Å². The van der Waals surface area contributed by atoms with Gasteiger partial charge in [0.1, 0.15) is 0 Å². The molecular weight excluding hydrogens is 528 g/mol. The second-order valence-electron chi connectivity index (χ2n) is 9.75. The van der Waals surface area contributed by atoms with E-state index >= 15 is 0 Å². The van der Waals surface area contributed by atoms with Crippen LogP contribution in [0.2, 0.25) is 0 Å². The Morgan fingerprint density at radius 1 is 0.730 bits per heavy atom. The first kappa shape index (κ1) is 22.2. The minimum atomic E-state index is -0.773. The minimum absolute atomic E-state index is 0.178. The van der Waals surface area contributed by atoms with Gasteiger partial charge in [0.15, 0.2) is 0 Å². The van der Waals surface area contributed by atoms with Crippen LogP contribution in [0.3, 0.4) is 0 Å². The molecule has 0 spiro atoms. The zero-order valence-corrected chi connectivity index (χ0v) is 21.2. The summed E-state index contributed by atoms with van der Waals surface area (Å²) in [5.74, 6) is -1.83. The van der Waals surface area contributed by atoms with Gasteiger partial charge >= 0.3 is 0 Å². The maximum atomic E-state index is 14.0. The highest BCUT2D eigenvalue weighted by Crippen LogP contribution is 2.66. The summed E-state index contributed by atoms with van der Waals surface area (Å²) in [6.07, 6.45) is 0. The lowest BCUT2D eigenvalue weighted by Crippen LogP contribution is -2.50. The van der Waals surface area contributed by atoms with Crippen LogP contribution in [0.15, 0.2) is 103 Å². The molecule has 5 nitrogen and oxygen atoms in total. The SMILES string of the molecule is O=C(Nc1ccc(N2C(=O)[C@@H]3C4c5ccccc5C(Br)(c5ccccc54)[C@@H]3C2=O)cc1)c1ccccc1. The topological polar surface area (TPSA) is 66.5 Å². The van der Waals surface area contributed by atoms with Crippen LogP contribution >= 0.6 is 15.9 Å². The molecule has 1 saturated heterocycles. The predicted molar refractivity (Wildman–Crippen MR) is 145 cm³/mol. The van der Waals surface area contributed by atoms with Crippen LogP contribution < -0.4 is 10.2 Å². The van der Waals surface area contributed by atoms with Gasteiger partial charge in [-0.15, -0.1) is 0 Å². The van der Waals surface area contributed by atoms with Gasteiger partial charge in [0.2, 0.25) is 11.8 Å². The third-order valence-electron chi connectivity index (χ3n) is 7.93. The van der Waals surface area contributed by atoms with Crippen molar-refractivity contribution in [3.05, 3.63) is 131 Å². The molecule has 4 aromatic carbocycles. The molecule has 37 heavy (non-hydrogen) atoms. The number of hydrogen-bond acceptors (Lipinski definition) is 3. The average molecular weight is 549 g/mol. The van der Waals surface area contributed by atoms with Gasteiger partial charge in [0, 0.05) is 17.2 Å². The molecule has 2 atom stereocenters. The van der Waals surface area contributed by atoms with E-state index in [1.165, 1.54) is 4.90 Å². The predicted octanol–water partition coefficient (Wildman–Crippen LogP) is 5.84. The molecule has 4 aliphatic rings. The van der Waals surface area contributed by atoms with E-state index in [1.54, 1.807) is 36.4 Å². The number of anilines is 2. The number of rotatable bonds is 3. The maximum absolute atomic E-state index is 14.0. The Kier molecular flexibility index (Phi) is 4.79. The second-order valence-corrected chi connectivity index (χ2v) is 11.0. The molecule has 8 rings (SSSR count). The zero-order valence-electron chi connectivity index (χ0n) is 19.6. The molecule has 3 amide bonds. The summed E-state index contributed by atoms with van der Waals surface area (Å²) < 4.78 is -0.773. The summed E-state index contributed by atoms with van der Waals surface area (Å²) in [6, 6.07) is 32.1. The van der Waals surface area contributed by atoms with Gasteiger partial charge in [-0.1, -0.05) is 82.7 Å². The normalized spacial score (nSPS) is 24.9. The van der Waals surface area contributed by atoms with Crippen LogP contribution in [0.4, 0.5) is 11.4 Å². The van der Waals surface area contributed by atoms with Crippen molar-refractivity contribution in [1.29, 1.82) is 0 Å². The molecule has 2 bridgehead atoms. The van der Waals surface area contributed by atoms with E-state index in [4.69, 9.17) is 0 Å². The lowest BCUT2D eigenvalue weighted by molar-refractivity contribution is -0.122. The smallest absolute Gasteiger partial charge is 0.255 e. The summed E-state index contributed by atoms with van der Waals surface area (Å²) in [4.78, 5) is 41.8. The van der Waals surface area contributed by atoms with Crippen molar-refractivity contribution in [2.24, 2.45) is 11.8 Å². The van der Waals surface area contributed by atoms with E-state index < -0.39 is 16.2 Å². The summed E-state index contributed by atoms with van der Waals surface area (Å²) in [5.41, 5.74) is 5.96. The Hall–Kier alpha value is -4.03. The molecule has 0 saturated carbocycles. The van der Waals surface area contributed by atoms with Gasteiger partial charge in [0.05, 0.1) is 21.8 Å². The lowest BCUT2D eigenvalue weighted by Gasteiger charge is -2.51. The number of nitrogens with one attached hydrogen (secondary N) is 1. The van der Waals surface area contributed by atoms with Gasteiger partial charge < -0.3 is 5.32 Å². The summed E-state index contributed by atoms with van der Waals surface area (Å²) in [6.45, 7) is 0. The number of amides is 3. The van der Waals surface area contributed by atoms with E-state index in [1.807, 2.05) is 42.5 Å². The fraction of sp³-hybridized carbons (Fsp3) is 0.129. The Bertz CT molecular complexity index is 1550. The molecule has 1 aliphatic heterocycles. The third kappa shape index (κ3) is 2.99. The fourth-order valence-electron chi connectivity index (χ4n) is 6.42. The minimum Gasteiger partial charge on any atom is -0.322 e. The Labute approximate surface area is 222 Å². The average Bonchev–Trinajstić information content (AvgIpc) is 3.21. The molecule has 1 heterocycles. The Morgan fingerprint density at radius 2 is 1.30 bits per heavy atom. The number of carbonyl (C=O) groups excluding carboxylic acids is 3. The van der Waals surface area contributed by atoms with Crippen molar-refractivity contribution < 1.29 is 14.4 Å². The number of alkyl halides is 1. The molecule has 0 aromatic heterocycles. The van der Waals surface area contributed by atoms with Crippen molar-refractivity contribution in [3.63, 3.8) is 0 Å². The largest absolute Gasteiger partial charge is 0.322 e. The van der Waals surface area contributed by atoms with Gasteiger partial charge in [-0.2, -0.15) is 0 Å². The first-order valence-corrected chi connectivity index (χ1v) is 13.0. The van der Waals surface area contributed by atoms with Crippen molar-refractivity contribution in [3.8, 4) is 0 Å². The molecule has 3 aliphatic carbocycles. The number of halogens is 1. The van der Waals surface area contributed by atoms with Crippen LogP contribution in [0, 0.1) is 11.8 Å². The molecule has 6 heteroatoms. The van der Waals surface area contributed by atoms with E-state index in [-0.39, 0.29) is 23.6 Å². The number of carbonyl (C=O) groups is 3. The molecule has 0 radical (unpaired) electrons. The second kappa shape index (κ2) is 7.98. The van der Waals surface area contributed by atoms with E-state index in [0.717, 1.165) is 22.3 Å². The monoisotopic (exact) mass is 548 g/mol. The maximum Gasteiger partial charge on any atom is 0.255 e. The number of benzene rings is 4. The molecular formula is C31H21BrN2O3. The molecule has 1 N–H and O–H groups in total. The van der Waals surface area contributed by atoms with Crippen molar-refractivity contribution in [1.82, 2.24) is 0 Å². The highest BCUT2D eigenvalue weighted by Gasteiger charge is 2.67. The quantitative estimate of drug-likeness (QED) is 0.258.